The molecule has 3 aromatic heterocycles. The van der Waals surface area contributed by atoms with E-state index in [1.54, 1.807) is 20.7 Å². The van der Waals surface area contributed by atoms with E-state index in [1.807, 2.05) is 63.4 Å². The van der Waals surface area contributed by atoms with Crippen LogP contribution in [0.5, 0.6) is 5.88 Å². The number of benzene rings is 1. The SMILES string of the molecule is Cc1cc(-c2nn(-c3ccccc3)c3c2C(c2ccc(C)s2)C(C#N)=C(N)O3)n(C)n1. The predicted octanol–water partition coefficient (Wildman–Crippen LogP) is 4.17. The molecule has 4 aromatic rings. The Hall–Kier alpha value is -3.83. The van der Waals surface area contributed by atoms with E-state index in [4.69, 9.17) is 15.6 Å². The van der Waals surface area contributed by atoms with E-state index in [-0.39, 0.29) is 11.8 Å². The number of allylic oxidation sites excluding steroid dienone is 1. The standard InChI is InChI=1S/C23H20N6OS/c1-13-11-17(28(3)26-13)21-20-19(18-10-9-14(2)31-18)16(12-24)22(25)30-23(20)29(27-21)15-7-5-4-6-8-15/h4-11,19H,25H2,1-3H3. The van der Waals surface area contributed by atoms with E-state index in [2.05, 4.69) is 17.2 Å². The molecule has 5 rings (SSSR count). The lowest BCUT2D eigenvalue weighted by Gasteiger charge is -2.24. The summed E-state index contributed by atoms with van der Waals surface area (Å²) in [7, 11) is 1.89. The van der Waals surface area contributed by atoms with Crippen LogP contribution in [-0.4, -0.2) is 19.6 Å². The van der Waals surface area contributed by atoms with E-state index >= 15 is 0 Å². The Bertz CT molecular complexity index is 1370. The third kappa shape index (κ3) is 3.02. The third-order valence-electron chi connectivity index (χ3n) is 5.34. The second kappa shape index (κ2) is 7.15. The quantitative estimate of drug-likeness (QED) is 0.528. The zero-order valence-electron chi connectivity index (χ0n) is 17.3. The van der Waals surface area contributed by atoms with Crippen molar-refractivity contribution in [2.45, 2.75) is 19.8 Å². The van der Waals surface area contributed by atoms with Gasteiger partial charge in [-0.1, -0.05) is 18.2 Å². The Morgan fingerprint density at radius 1 is 1.13 bits per heavy atom. The van der Waals surface area contributed by atoms with Crippen LogP contribution in [0.1, 0.15) is 26.9 Å². The van der Waals surface area contributed by atoms with Crippen molar-refractivity contribution >= 4 is 11.3 Å². The molecule has 2 N–H and O–H groups in total. The Kier molecular flexibility index (Phi) is 4.41. The van der Waals surface area contributed by atoms with Gasteiger partial charge in [0.05, 0.1) is 28.6 Å². The lowest BCUT2D eigenvalue weighted by molar-refractivity contribution is 0.367. The van der Waals surface area contributed by atoms with Crippen molar-refractivity contribution in [3.63, 3.8) is 0 Å². The topological polar surface area (TPSA) is 94.7 Å². The lowest BCUT2D eigenvalue weighted by atomic mass is 9.88. The summed E-state index contributed by atoms with van der Waals surface area (Å²) in [5, 5.41) is 19.4. The summed E-state index contributed by atoms with van der Waals surface area (Å²) in [4.78, 5) is 2.18. The summed E-state index contributed by atoms with van der Waals surface area (Å²) in [6.45, 7) is 3.99. The Morgan fingerprint density at radius 2 is 1.90 bits per heavy atom. The molecule has 0 aliphatic carbocycles. The zero-order chi connectivity index (χ0) is 21.7. The minimum absolute atomic E-state index is 0.107. The zero-order valence-corrected chi connectivity index (χ0v) is 18.1. The second-order valence-electron chi connectivity index (χ2n) is 7.48. The maximum absolute atomic E-state index is 9.96. The Balaban J connectivity index is 1.85. The number of hydrogen-bond acceptors (Lipinski definition) is 6. The third-order valence-corrected chi connectivity index (χ3v) is 6.40. The number of nitrogens with zero attached hydrogens (tertiary/aromatic N) is 5. The molecule has 1 aromatic carbocycles. The van der Waals surface area contributed by atoms with Gasteiger partial charge in [0.25, 0.3) is 0 Å². The molecule has 0 fully saturated rings. The summed E-state index contributed by atoms with van der Waals surface area (Å²) >= 11 is 1.64. The van der Waals surface area contributed by atoms with Gasteiger partial charge < -0.3 is 10.5 Å². The molecule has 0 bridgehead atoms. The molecular weight excluding hydrogens is 408 g/mol. The molecule has 1 aliphatic heterocycles. The van der Waals surface area contributed by atoms with Gasteiger partial charge in [-0.05, 0) is 44.2 Å². The number of aryl methyl sites for hydroxylation is 3. The van der Waals surface area contributed by atoms with Gasteiger partial charge in [-0.2, -0.15) is 20.1 Å². The van der Waals surface area contributed by atoms with E-state index in [9.17, 15) is 5.26 Å². The first-order valence-electron chi connectivity index (χ1n) is 9.81. The fourth-order valence-corrected chi connectivity index (χ4v) is 4.99. The van der Waals surface area contributed by atoms with E-state index in [0.717, 1.165) is 38.1 Å². The smallest absolute Gasteiger partial charge is 0.229 e. The van der Waals surface area contributed by atoms with Crippen LogP contribution in [-0.2, 0) is 7.05 Å². The molecule has 154 valence electrons. The maximum Gasteiger partial charge on any atom is 0.229 e. The number of ether oxygens (including phenoxy) is 1. The summed E-state index contributed by atoms with van der Waals surface area (Å²) in [5.41, 5.74) is 10.8. The number of rotatable bonds is 3. The van der Waals surface area contributed by atoms with Crippen molar-refractivity contribution in [1.82, 2.24) is 19.6 Å². The highest BCUT2D eigenvalue weighted by atomic mass is 32.1. The summed E-state index contributed by atoms with van der Waals surface area (Å²) in [5.74, 6) is 0.263. The molecular formula is C23H20N6OS. The molecule has 1 atom stereocenters. The Labute approximate surface area is 183 Å². The fraction of sp³-hybridized carbons (Fsp3) is 0.174. The highest BCUT2D eigenvalue weighted by Gasteiger charge is 2.39. The van der Waals surface area contributed by atoms with Crippen molar-refractivity contribution in [1.29, 1.82) is 5.26 Å². The minimum Gasteiger partial charge on any atom is -0.422 e. The van der Waals surface area contributed by atoms with Crippen molar-refractivity contribution < 1.29 is 4.74 Å². The van der Waals surface area contributed by atoms with Crippen LogP contribution in [0, 0.1) is 25.2 Å². The highest BCUT2D eigenvalue weighted by molar-refractivity contribution is 7.12. The number of aromatic nitrogens is 4. The first-order valence-corrected chi connectivity index (χ1v) is 10.6. The molecule has 4 heterocycles. The van der Waals surface area contributed by atoms with Gasteiger partial charge in [0.15, 0.2) is 0 Å². The lowest BCUT2D eigenvalue weighted by Crippen LogP contribution is -2.21. The summed E-state index contributed by atoms with van der Waals surface area (Å²) in [6, 6.07) is 18.1. The van der Waals surface area contributed by atoms with Crippen LogP contribution in [0.4, 0.5) is 0 Å². The van der Waals surface area contributed by atoms with Gasteiger partial charge in [-0.25, -0.2) is 0 Å². The fourth-order valence-electron chi connectivity index (χ4n) is 4.00. The van der Waals surface area contributed by atoms with Gasteiger partial charge in [0.1, 0.15) is 17.3 Å². The average molecular weight is 429 g/mol. The van der Waals surface area contributed by atoms with Crippen molar-refractivity contribution in [3.8, 4) is 29.0 Å². The van der Waals surface area contributed by atoms with Gasteiger partial charge in [-0.3, -0.25) is 4.68 Å². The number of nitrogens with two attached hydrogens (primary N) is 1. The highest BCUT2D eigenvalue weighted by Crippen LogP contribution is 2.48. The first kappa shape index (κ1) is 19.2. The molecule has 1 aliphatic rings. The van der Waals surface area contributed by atoms with E-state index in [0.29, 0.717) is 11.5 Å². The van der Waals surface area contributed by atoms with Crippen molar-refractivity contribution in [2.24, 2.45) is 12.8 Å². The number of para-hydroxylation sites is 1. The first-order chi connectivity index (χ1) is 15.0. The number of fused-ring (bicyclic) bond motifs is 1. The molecule has 31 heavy (non-hydrogen) atoms. The van der Waals surface area contributed by atoms with E-state index < -0.39 is 0 Å². The van der Waals surface area contributed by atoms with Gasteiger partial charge >= 0.3 is 0 Å². The molecule has 0 amide bonds. The maximum atomic E-state index is 9.96. The average Bonchev–Trinajstić information content (AvgIpc) is 3.44. The molecule has 0 spiro atoms. The largest absolute Gasteiger partial charge is 0.422 e. The minimum atomic E-state index is -0.366. The predicted molar refractivity (Wildman–Crippen MR) is 119 cm³/mol. The van der Waals surface area contributed by atoms with Crippen LogP contribution < -0.4 is 10.5 Å². The molecule has 0 radical (unpaired) electrons. The van der Waals surface area contributed by atoms with Crippen molar-refractivity contribution in [2.75, 3.05) is 0 Å². The van der Waals surface area contributed by atoms with Crippen molar-refractivity contribution in [3.05, 3.63) is 81.0 Å². The summed E-state index contributed by atoms with van der Waals surface area (Å²) < 4.78 is 9.59. The van der Waals surface area contributed by atoms with Crippen LogP contribution in [0.15, 0.2) is 60.0 Å². The van der Waals surface area contributed by atoms with E-state index in [1.165, 1.54) is 0 Å². The molecule has 0 saturated heterocycles. The van der Waals surface area contributed by atoms with Crippen LogP contribution in [0.3, 0.4) is 0 Å². The molecule has 8 heteroatoms. The summed E-state index contributed by atoms with van der Waals surface area (Å²) in [6.07, 6.45) is 0. The van der Waals surface area contributed by atoms with Gasteiger partial charge in [0, 0.05) is 16.8 Å². The van der Waals surface area contributed by atoms with Gasteiger partial charge in [0.2, 0.25) is 11.8 Å². The molecule has 1 unspecified atom stereocenters. The van der Waals surface area contributed by atoms with Crippen LogP contribution in [0.25, 0.3) is 17.1 Å². The number of thiophene rings is 1. The van der Waals surface area contributed by atoms with Gasteiger partial charge in [-0.15, -0.1) is 11.3 Å². The number of nitriles is 1. The number of hydrogen-bond donors (Lipinski definition) is 1. The normalized spacial score (nSPS) is 15.5. The monoisotopic (exact) mass is 428 g/mol. The molecule has 0 saturated carbocycles. The van der Waals surface area contributed by atoms with Crippen LogP contribution in [0.2, 0.25) is 0 Å². The second-order valence-corrected chi connectivity index (χ2v) is 8.80. The van der Waals surface area contributed by atoms with Crippen LogP contribution >= 0.6 is 11.3 Å². The Morgan fingerprint density at radius 3 is 2.52 bits per heavy atom. The molecule has 7 nitrogen and oxygen atoms in total.